The highest BCUT2D eigenvalue weighted by Crippen LogP contribution is 2.32. The highest BCUT2D eigenvalue weighted by atomic mass is 16.3. The maximum absolute atomic E-state index is 12.3. The van der Waals surface area contributed by atoms with Crippen molar-refractivity contribution < 1.29 is 15.0 Å². The number of aliphatic hydroxyl groups is 2. The molecule has 3 atom stereocenters. The zero-order chi connectivity index (χ0) is 17.1. The fraction of sp³-hybridized carbons (Fsp3) is 0.611. The summed E-state index contributed by atoms with van der Waals surface area (Å²) in [6, 6.07) is 5.80. The van der Waals surface area contributed by atoms with Crippen LogP contribution in [0.1, 0.15) is 41.3 Å². The van der Waals surface area contributed by atoms with E-state index < -0.39 is 12.2 Å². The van der Waals surface area contributed by atoms with Gasteiger partial charge in [-0.05, 0) is 36.0 Å². The number of nitrogens with zero attached hydrogens (tertiary/aromatic N) is 1. The van der Waals surface area contributed by atoms with Gasteiger partial charge in [-0.1, -0.05) is 26.0 Å². The molecular weight excluding hydrogens is 292 g/mol. The Balaban J connectivity index is 2.33. The van der Waals surface area contributed by atoms with Gasteiger partial charge in [0.25, 0.3) is 5.91 Å². The van der Waals surface area contributed by atoms with E-state index >= 15 is 0 Å². The minimum atomic E-state index is -0.682. The van der Waals surface area contributed by atoms with Crippen molar-refractivity contribution in [3.05, 3.63) is 34.9 Å². The van der Waals surface area contributed by atoms with Gasteiger partial charge in [0.15, 0.2) is 0 Å². The molecule has 1 saturated heterocycles. The first-order chi connectivity index (χ1) is 10.8. The molecule has 3 N–H and O–H groups in total. The average Bonchev–Trinajstić information content (AvgIpc) is 2.82. The van der Waals surface area contributed by atoms with Crippen molar-refractivity contribution >= 4 is 5.91 Å². The average molecular weight is 320 g/mol. The summed E-state index contributed by atoms with van der Waals surface area (Å²) in [5.41, 5.74) is 2.88. The molecule has 1 aromatic rings. The van der Waals surface area contributed by atoms with Gasteiger partial charge in [0.1, 0.15) is 0 Å². The molecule has 0 radical (unpaired) electrons. The molecule has 1 fully saturated rings. The number of rotatable bonds is 5. The Labute approximate surface area is 138 Å². The van der Waals surface area contributed by atoms with Crippen LogP contribution in [-0.2, 0) is 0 Å². The van der Waals surface area contributed by atoms with Gasteiger partial charge < -0.3 is 15.5 Å². The summed E-state index contributed by atoms with van der Waals surface area (Å²) in [7, 11) is 1.64. The second kappa shape index (κ2) is 7.43. The molecule has 0 saturated carbocycles. The SMILES string of the molecule is CNC(=O)c1cccc(C)c1[C@@H](CN1C[C@H](O)[C@@H](O)C1)C(C)C. The topological polar surface area (TPSA) is 72.8 Å². The second-order valence-corrected chi connectivity index (χ2v) is 6.82. The van der Waals surface area contributed by atoms with Crippen LogP contribution in [0.15, 0.2) is 18.2 Å². The van der Waals surface area contributed by atoms with E-state index in [-0.39, 0.29) is 11.8 Å². The van der Waals surface area contributed by atoms with Gasteiger partial charge in [0.2, 0.25) is 0 Å². The molecule has 1 aliphatic heterocycles. The molecule has 0 unspecified atom stereocenters. The minimum Gasteiger partial charge on any atom is -0.389 e. The molecule has 0 aromatic heterocycles. The number of likely N-dealkylation sites (tertiary alicyclic amines) is 1. The van der Waals surface area contributed by atoms with E-state index in [0.717, 1.165) is 17.7 Å². The third-order valence-electron chi connectivity index (χ3n) is 4.76. The molecule has 0 aliphatic carbocycles. The number of amides is 1. The van der Waals surface area contributed by atoms with Crippen molar-refractivity contribution in [2.75, 3.05) is 26.7 Å². The lowest BCUT2D eigenvalue weighted by molar-refractivity contribution is 0.0572. The van der Waals surface area contributed by atoms with Gasteiger partial charge in [-0.2, -0.15) is 0 Å². The summed E-state index contributed by atoms with van der Waals surface area (Å²) in [4.78, 5) is 14.3. The van der Waals surface area contributed by atoms with Crippen LogP contribution in [-0.4, -0.2) is 59.9 Å². The zero-order valence-corrected chi connectivity index (χ0v) is 14.4. The van der Waals surface area contributed by atoms with Gasteiger partial charge in [-0.25, -0.2) is 0 Å². The molecule has 23 heavy (non-hydrogen) atoms. The number of β-amino-alcohol motifs (C(OH)–C–C–N with tert-alkyl or cyclic N) is 2. The predicted molar refractivity (Wildman–Crippen MR) is 90.6 cm³/mol. The van der Waals surface area contributed by atoms with E-state index in [1.54, 1.807) is 7.05 Å². The van der Waals surface area contributed by atoms with Crippen LogP contribution in [0.25, 0.3) is 0 Å². The number of hydrogen-bond donors (Lipinski definition) is 3. The quantitative estimate of drug-likeness (QED) is 0.760. The second-order valence-electron chi connectivity index (χ2n) is 6.82. The molecule has 128 valence electrons. The van der Waals surface area contributed by atoms with Crippen molar-refractivity contribution in [1.29, 1.82) is 0 Å². The molecule has 5 heteroatoms. The summed E-state index contributed by atoms with van der Waals surface area (Å²) in [6.07, 6.45) is -1.36. The number of benzene rings is 1. The lowest BCUT2D eigenvalue weighted by Gasteiger charge is -2.29. The maximum Gasteiger partial charge on any atom is 0.251 e. The molecule has 0 bridgehead atoms. The van der Waals surface area contributed by atoms with Crippen LogP contribution in [0.4, 0.5) is 0 Å². The summed E-state index contributed by atoms with van der Waals surface area (Å²) < 4.78 is 0. The minimum absolute atomic E-state index is 0.0733. The molecule has 5 nitrogen and oxygen atoms in total. The van der Waals surface area contributed by atoms with Gasteiger partial charge in [-0.3, -0.25) is 9.69 Å². The predicted octanol–water partition coefficient (Wildman–Crippen LogP) is 1.13. The smallest absolute Gasteiger partial charge is 0.251 e. The van der Waals surface area contributed by atoms with Crippen LogP contribution >= 0.6 is 0 Å². The van der Waals surface area contributed by atoms with Crippen LogP contribution in [0.3, 0.4) is 0 Å². The first kappa shape index (κ1) is 17.9. The van der Waals surface area contributed by atoms with Crippen molar-refractivity contribution in [2.24, 2.45) is 5.92 Å². The number of carbonyl (C=O) groups excluding carboxylic acids is 1. The molecule has 1 aliphatic rings. The molecular formula is C18H28N2O3. The van der Waals surface area contributed by atoms with E-state index in [1.807, 2.05) is 25.1 Å². The van der Waals surface area contributed by atoms with E-state index in [1.165, 1.54) is 0 Å². The Morgan fingerprint density at radius 3 is 2.43 bits per heavy atom. The molecule has 0 spiro atoms. The number of aliphatic hydroxyl groups excluding tert-OH is 2. The number of hydrogen-bond acceptors (Lipinski definition) is 4. The van der Waals surface area contributed by atoms with Crippen LogP contribution < -0.4 is 5.32 Å². The zero-order valence-electron chi connectivity index (χ0n) is 14.4. The monoisotopic (exact) mass is 320 g/mol. The number of aryl methyl sites for hydroxylation is 1. The van der Waals surface area contributed by atoms with Crippen molar-refractivity contribution in [2.45, 2.75) is 38.9 Å². The summed E-state index contributed by atoms with van der Waals surface area (Å²) in [6.45, 7) is 8.00. The molecule has 1 heterocycles. The van der Waals surface area contributed by atoms with Crippen LogP contribution in [0.2, 0.25) is 0 Å². The lowest BCUT2D eigenvalue weighted by atomic mass is 9.82. The summed E-state index contributed by atoms with van der Waals surface area (Å²) >= 11 is 0. The number of nitrogens with one attached hydrogen (secondary N) is 1. The largest absolute Gasteiger partial charge is 0.389 e. The van der Waals surface area contributed by atoms with Gasteiger partial charge in [0.05, 0.1) is 12.2 Å². The van der Waals surface area contributed by atoms with E-state index in [2.05, 4.69) is 24.1 Å². The number of carbonyl (C=O) groups is 1. The molecule has 1 aromatic carbocycles. The van der Waals surface area contributed by atoms with Gasteiger partial charge in [0, 0.05) is 32.2 Å². The maximum atomic E-state index is 12.3. The third kappa shape index (κ3) is 3.91. The highest BCUT2D eigenvalue weighted by Gasteiger charge is 2.33. The van der Waals surface area contributed by atoms with Crippen LogP contribution in [0, 0.1) is 12.8 Å². The van der Waals surface area contributed by atoms with Crippen molar-refractivity contribution in [1.82, 2.24) is 10.2 Å². The standard InChI is InChI=1S/C18H28N2O3/c1-11(2)14(8-20-9-15(21)16(22)10-20)17-12(3)6-5-7-13(17)18(23)19-4/h5-7,11,14-16,21-22H,8-10H2,1-4H3,(H,19,23)/t14-,15-,16-/m0/s1. The van der Waals surface area contributed by atoms with Crippen molar-refractivity contribution in [3.8, 4) is 0 Å². The van der Waals surface area contributed by atoms with E-state index in [4.69, 9.17) is 0 Å². The Morgan fingerprint density at radius 1 is 1.30 bits per heavy atom. The summed E-state index contributed by atoms with van der Waals surface area (Å²) in [5.74, 6) is 0.436. The van der Waals surface area contributed by atoms with Crippen molar-refractivity contribution in [3.63, 3.8) is 0 Å². The lowest BCUT2D eigenvalue weighted by Crippen LogP contribution is -2.32. The fourth-order valence-electron chi connectivity index (χ4n) is 3.42. The Kier molecular flexibility index (Phi) is 5.79. The van der Waals surface area contributed by atoms with Gasteiger partial charge >= 0.3 is 0 Å². The normalized spacial score (nSPS) is 23.3. The Bertz CT molecular complexity index is 549. The summed E-state index contributed by atoms with van der Waals surface area (Å²) in [5, 5.41) is 22.3. The Hall–Kier alpha value is -1.43. The van der Waals surface area contributed by atoms with E-state index in [0.29, 0.717) is 24.6 Å². The molecule has 2 rings (SSSR count). The fourth-order valence-corrected chi connectivity index (χ4v) is 3.42. The molecule has 1 amide bonds. The van der Waals surface area contributed by atoms with Crippen LogP contribution in [0.5, 0.6) is 0 Å². The first-order valence-electron chi connectivity index (χ1n) is 8.25. The third-order valence-corrected chi connectivity index (χ3v) is 4.76. The highest BCUT2D eigenvalue weighted by molar-refractivity contribution is 5.96. The first-order valence-corrected chi connectivity index (χ1v) is 8.25. The Morgan fingerprint density at radius 2 is 1.91 bits per heavy atom. The van der Waals surface area contributed by atoms with Gasteiger partial charge in [-0.15, -0.1) is 0 Å². The van der Waals surface area contributed by atoms with E-state index in [9.17, 15) is 15.0 Å².